The van der Waals surface area contributed by atoms with Gasteiger partial charge in [-0.05, 0) is 24.5 Å². The fourth-order valence-electron chi connectivity index (χ4n) is 1.29. The van der Waals surface area contributed by atoms with Gasteiger partial charge in [-0.1, -0.05) is 11.6 Å². The number of hydrogen-bond donors (Lipinski definition) is 0. The van der Waals surface area contributed by atoms with Gasteiger partial charge in [-0.3, -0.25) is 10.1 Å². The van der Waals surface area contributed by atoms with E-state index in [1.165, 1.54) is 23.7 Å². The van der Waals surface area contributed by atoms with E-state index in [0.29, 0.717) is 15.9 Å². The molecule has 0 saturated heterocycles. The van der Waals surface area contributed by atoms with Gasteiger partial charge in [0, 0.05) is 16.3 Å². The van der Waals surface area contributed by atoms with Crippen LogP contribution in [0.2, 0.25) is 5.02 Å². The zero-order valence-electron chi connectivity index (χ0n) is 7.15. The lowest BCUT2D eigenvalue weighted by atomic mass is 10.2. The second kappa shape index (κ2) is 3.18. The Kier molecular flexibility index (Phi) is 2.13. The first kappa shape index (κ1) is 9.36. The lowest BCUT2D eigenvalue weighted by Crippen LogP contribution is -1.89. The molecule has 0 unspecified atom stereocenters. The predicted molar refractivity (Wildman–Crippen MR) is 56.0 cm³/mol. The quantitative estimate of drug-likeness (QED) is 0.556. The lowest BCUT2D eigenvalue weighted by Gasteiger charge is -1.95. The van der Waals surface area contributed by atoms with Crippen LogP contribution in [0, 0.1) is 17.0 Å². The summed E-state index contributed by atoms with van der Waals surface area (Å²) in [4.78, 5) is 11.1. The highest BCUT2D eigenvalue weighted by molar-refractivity contribution is 7.07. The number of halogens is 1. The van der Waals surface area contributed by atoms with Gasteiger partial charge in [-0.25, -0.2) is 0 Å². The Morgan fingerprint density at radius 3 is 2.93 bits per heavy atom. The summed E-state index contributed by atoms with van der Waals surface area (Å²) in [6.07, 6.45) is 0. The monoisotopic (exact) mass is 228 g/mol. The van der Waals surface area contributed by atoms with Crippen molar-refractivity contribution >= 4 is 39.7 Å². The molecule has 0 spiro atoms. The highest BCUT2D eigenvalue weighted by Crippen LogP contribution is 2.34. The lowest BCUT2D eigenvalue weighted by molar-refractivity contribution is -0.383. The van der Waals surface area contributed by atoms with Gasteiger partial charge in [0.2, 0.25) is 0 Å². The molecule has 1 heterocycles. The van der Waals surface area contributed by atoms with Crippen LogP contribution in [0.25, 0.3) is 10.9 Å². The standard InChI is InChI=1S/C8H5ClN2O2S/c1-4-7-5(9)2-3-6(11(12)13)8(7)10-14-4/h2-3H,1H3. The summed E-state index contributed by atoms with van der Waals surface area (Å²) in [6, 6.07) is 2.91. The summed E-state index contributed by atoms with van der Waals surface area (Å²) < 4.78 is 4.02. The maximum Gasteiger partial charge on any atom is 0.296 e. The molecule has 2 aromatic rings. The van der Waals surface area contributed by atoms with Gasteiger partial charge in [-0.15, -0.1) is 0 Å². The van der Waals surface area contributed by atoms with Gasteiger partial charge in [0.25, 0.3) is 5.69 Å². The first-order valence-electron chi connectivity index (χ1n) is 3.80. The number of benzene rings is 1. The van der Waals surface area contributed by atoms with Crippen molar-refractivity contribution in [1.82, 2.24) is 4.37 Å². The van der Waals surface area contributed by atoms with E-state index in [2.05, 4.69) is 4.37 Å². The molecule has 0 aliphatic carbocycles. The molecule has 1 aromatic heterocycles. The van der Waals surface area contributed by atoms with Crippen LogP contribution in [0.4, 0.5) is 5.69 Å². The fraction of sp³-hybridized carbons (Fsp3) is 0.125. The minimum absolute atomic E-state index is 0.00810. The first-order chi connectivity index (χ1) is 6.61. The van der Waals surface area contributed by atoms with Crippen molar-refractivity contribution < 1.29 is 4.92 Å². The summed E-state index contributed by atoms with van der Waals surface area (Å²) >= 11 is 7.15. The Balaban J connectivity index is 2.90. The maximum absolute atomic E-state index is 10.7. The molecular formula is C8H5ClN2O2S. The summed E-state index contributed by atoms with van der Waals surface area (Å²) in [5.74, 6) is 0. The number of nitro groups is 1. The minimum Gasteiger partial charge on any atom is -0.258 e. The zero-order chi connectivity index (χ0) is 10.3. The molecule has 0 amide bonds. The van der Waals surface area contributed by atoms with E-state index in [0.717, 1.165) is 4.88 Å². The van der Waals surface area contributed by atoms with Crippen LogP contribution in [-0.4, -0.2) is 9.30 Å². The zero-order valence-corrected chi connectivity index (χ0v) is 8.72. The average molecular weight is 229 g/mol. The highest BCUT2D eigenvalue weighted by atomic mass is 35.5. The SMILES string of the molecule is Cc1snc2c([N+](=O)[O-])ccc(Cl)c12. The fourth-order valence-corrected chi connectivity index (χ4v) is 2.35. The van der Waals surface area contributed by atoms with E-state index in [4.69, 9.17) is 11.6 Å². The molecule has 4 nitrogen and oxygen atoms in total. The smallest absolute Gasteiger partial charge is 0.258 e. The number of rotatable bonds is 1. The molecule has 0 atom stereocenters. The molecule has 14 heavy (non-hydrogen) atoms. The molecule has 0 bridgehead atoms. The molecule has 0 aliphatic heterocycles. The Morgan fingerprint density at radius 1 is 1.57 bits per heavy atom. The highest BCUT2D eigenvalue weighted by Gasteiger charge is 2.17. The third kappa shape index (κ3) is 1.25. The van der Waals surface area contributed by atoms with Crippen molar-refractivity contribution in [1.29, 1.82) is 0 Å². The Morgan fingerprint density at radius 2 is 2.29 bits per heavy atom. The van der Waals surface area contributed by atoms with Gasteiger partial charge in [0.15, 0.2) is 5.52 Å². The van der Waals surface area contributed by atoms with Crippen molar-refractivity contribution in [2.24, 2.45) is 0 Å². The number of aromatic nitrogens is 1. The van der Waals surface area contributed by atoms with E-state index in [1.807, 2.05) is 6.92 Å². The van der Waals surface area contributed by atoms with Crippen LogP contribution in [-0.2, 0) is 0 Å². The van der Waals surface area contributed by atoms with E-state index >= 15 is 0 Å². The average Bonchev–Trinajstić information content (AvgIpc) is 2.49. The molecule has 1 aromatic carbocycles. The van der Waals surface area contributed by atoms with Crippen molar-refractivity contribution in [2.75, 3.05) is 0 Å². The van der Waals surface area contributed by atoms with Crippen molar-refractivity contribution in [3.63, 3.8) is 0 Å². The topological polar surface area (TPSA) is 56.0 Å². The largest absolute Gasteiger partial charge is 0.296 e. The van der Waals surface area contributed by atoms with E-state index in [1.54, 1.807) is 0 Å². The van der Waals surface area contributed by atoms with Crippen LogP contribution >= 0.6 is 23.1 Å². The summed E-state index contributed by atoms with van der Waals surface area (Å²) in [5.41, 5.74) is 0.388. The number of nitrogens with zero attached hydrogens (tertiary/aromatic N) is 2. The molecule has 0 radical (unpaired) electrons. The van der Waals surface area contributed by atoms with Crippen LogP contribution in [0.3, 0.4) is 0 Å². The summed E-state index contributed by atoms with van der Waals surface area (Å²) in [7, 11) is 0. The maximum atomic E-state index is 10.7. The first-order valence-corrected chi connectivity index (χ1v) is 4.95. The molecule has 6 heteroatoms. The summed E-state index contributed by atoms with van der Waals surface area (Å²) in [6.45, 7) is 1.84. The predicted octanol–water partition coefficient (Wildman–Crippen LogP) is 3.17. The number of fused-ring (bicyclic) bond motifs is 1. The van der Waals surface area contributed by atoms with E-state index in [-0.39, 0.29) is 5.69 Å². The molecule has 0 aliphatic rings. The molecule has 72 valence electrons. The van der Waals surface area contributed by atoms with Crippen LogP contribution in [0.15, 0.2) is 12.1 Å². The number of nitro benzene ring substituents is 1. The molecule has 0 saturated carbocycles. The number of non-ortho nitro benzene ring substituents is 1. The van der Waals surface area contributed by atoms with Crippen molar-refractivity contribution in [3.8, 4) is 0 Å². The van der Waals surface area contributed by atoms with Crippen LogP contribution < -0.4 is 0 Å². The van der Waals surface area contributed by atoms with Gasteiger partial charge >= 0.3 is 0 Å². The second-order valence-corrected chi connectivity index (χ2v) is 4.17. The second-order valence-electron chi connectivity index (χ2n) is 2.79. The van der Waals surface area contributed by atoms with Crippen molar-refractivity contribution in [2.45, 2.75) is 6.92 Å². The molecule has 2 rings (SSSR count). The van der Waals surface area contributed by atoms with E-state index in [9.17, 15) is 10.1 Å². The van der Waals surface area contributed by atoms with Gasteiger partial charge < -0.3 is 0 Å². The van der Waals surface area contributed by atoms with Crippen LogP contribution in [0.1, 0.15) is 4.88 Å². The Bertz CT molecular complexity index is 523. The number of hydrogen-bond acceptors (Lipinski definition) is 4. The normalized spacial score (nSPS) is 10.7. The third-order valence-corrected chi connectivity index (χ3v) is 3.00. The Labute approximate surface area is 88.4 Å². The van der Waals surface area contributed by atoms with E-state index < -0.39 is 4.92 Å². The molecule has 0 fully saturated rings. The molecule has 0 N–H and O–H groups in total. The third-order valence-electron chi connectivity index (χ3n) is 1.93. The van der Waals surface area contributed by atoms with Crippen molar-refractivity contribution in [3.05, 3.63) is 32.1 Å². The number of aryl methyl sites for hydroxylation is 1. The van der Waals surface area contributed by atoms with Gasteiger partial charge in [0.1, 0.15) is 0 Å². The molecular weight excluding hydrogens is 224 g/mol. The van der Waals surface area contributed by atoms with Gasteiger partial charge in [0.05, 0.1) is 9.95 Å². The van der Waals surface area contributed by atoms with Gasteiger partial charge in [-0.2, -0.15) is 4.37 Å². The summed E-state index contributed by atoms with van der Waals surface area (Å²) in [5, 5.41) is 11.9. The van der Waals surface area contributed by atoms with Crippen LogP contribution in [0.5, 0.6) is 0 Å². The Hall–Kier alpha value is -1.20. The minimum atomic E-state index is -0.447.